The highest BCUT2D eigenvalue weighted by Crippen LogP contribution is 2.51. The van der Waals surface area contributed by atoms with Gasteiger partial charge in [0.25, 0.3) is 0 Å². The van der Waals surface area contributed by atoms with Crippen molar-refractivity contribution in [2.75, 3.05) is 44.9 Å². The SMILES string of the molecule is CO[C@@H](C)COc1nc(N2C[C@@H]3C[C@H]2CN3)c2cc(C(F)(F)F)c(-c3c(C)c(F)cc4[nH]ncc34)c(OCc3ccc(-c4cn([C@H](C(=O)N5C[C@H](O)C[C@H]5C(=O)N[C@@H](CO)c5ccc(-c6cccnc6)cc5)C(C)C)nn4)cc3)c2n1. The Bertz CT molecular complexity index is 3600. The van der Waals surface area contributed by atoms with Crippen molar-refractivity contribution in [1.29, 1.82) is 0 Å². The minimum absolute atomic E-state index is 0.0150. The highest BCUT2D eigenvalue weighted by molar-refractivity contribution is 6.06. The summed E-state index contributed by atoms with van der Waals surface area (Å²) >= 11 is 0. The van der Waals surface area contributed by atoms with Crippen molar-refractivity contribution in [1.82, 2.24) is 55.7 Å². The van der Waals surface area contributed by atoms with Gasteiger partial charge in [-0.2, -0.15) is 28.2 Å². The van der Waals surface area contributed by atoms with Crippen molar-refractivity contribution in [2.45, 2.75) is 95.7 Å². The Balaban J connectivity index is 0.882. The number of β-amino-alcohol motifs (C(OH)–C–C–N with tert-alkyl or cyclic N) is 1. The van der Waals surface area contributed by atoms with Crippen molar-refractivity contribution < 1.29 is 51.6 Å². The molecule has 4 aromatic carbocycles. The average molecular weight is 1110 g/mol. The molecule has 0 spiro atoms. The molecule has 2 bridgehead atoms. The van der Waals surface area contributed by atoms with E-state index in [9.17, 15) is 19.8 Å². The van der Waals surface area contributed by atoms with E-state index in [1.807, 2.05) is 43.0 Å². The van der Waals surface area contributed by atoms with Crippen molar-refractivity contribution in [3.05, 3.63) is 126 Å². The summed E-state index contributed by atoms with van der Waals surface area (Å²) in [6, 6.07) is 17.4. The number of likely N-dealkylation sites (tertiary alicyclic amines) is 1. The number of amides is 2. The van der Waals surface area contributed by atoms with Crippen molar-refractivity contribution >= 4 is 39.4 Å². The largest absolute Gasteiger partial charge is 0.486 e. The number of carbonyl (C=O) groups excluding carboxylic acids is 2. The highest BCUT2D eigenvalue weighted by Gasteiger charge is 2.45. The van der Waals surface area contributed by atoms with Gasteiger partial charge < -0.3 is 44.9 Å². The third-order valence-electron chi connectivity index (χ3n) is 15.6. The number of alkyl halides is 3. The van der Waals surface area contributed by atoms with Gasteiger partial charge >= 0.3 is 12.2 Å². The Morgan fingerprint density at radius 2 is 1.70 bits per heavy atom. The minimum Gasteiger partial charge on any atom is -0.486 e. The number of pyridine rings is 1. The van der Waals surface area contributed by atoms with E-state index < -0.39 is 65.8 Å². The fraction of sp³-hybridized carbons (Fsp3) is 0.379. The number of ether oxygens (including phenoxy) is 3. The van der Waals surface area contributed by atoms with Gasteiger partial charge in [-0.15, -0.1) is 5.10 Å². The van der Waals surface area contributed by atoms with Crippen molar-refractivity contribution in [3.8, 4) is 45.3 Å². The topological polar surface area (TPSA) is 231 Å². The van der Waals surface area contributed by atoms with Crippen LogP contribution in [0.3, 0.4) is 0 Å². The molecule has 8 aromatic rings. The van der Waals surface area contributed by atoms with Crippen LogP contribution in [-0.2, 0) is 27.1 Å². The maximum absolute atomic E-state index is 15.9. The molecule has 7 atom stereocenters. The molecule has 5 N–H and O–H groups in total. The summed E-state index contributed by atoms with van der Waals surface area (Å²) in [4.78, 5) is 45.5. The molecule has 7 heterocycles. The van der Waals surface area contributed by atoms with Crippen LogP contribution in [0.15, 0.2) is 97.6 Å². The summed E-state index contributed by atoms with van der Waals surface area (Å²) in [5.74, 6) is -2.12. The van der Waals surface area contributed by atoms with Crippen LogP contribution in [0.2, 0.25) is 0 Å². The fourth-order valence-electron chi connectivity index (χ4n) is 11.3. The molecule has 81 heavy (non-hydrogen) atoms. The maximum Gasteiger partial charge on any atom is 0.417 e. The number of aliphatic hydroxyl groups is 2. The molecule has 0 aliphatic carbocycles. The van der Waals surface area contributed by atoms with E-state index in [0.29, 0.717) is 35.5 Å². The van der Waals surface area contributed by atoms with Crippen LogP contribution < -0.4 is 25.0 Å². The number of benzene rings is 4. The lowest BCUT2D eigenvalue weighted by molar-refractivity contribution is -0.142. The summed E-state index contributed by atoms with van der Waals surface area (Å²) < 4.78 is 83.0. The van der Waals surface area contributed by atoms with E-state index >= 15 is 17.6 Å². The lowest BCUT2D eigenvalue weighted by atomic mass is 9.90. The predicted octanol–water partition coefficient (Wildman–Crippen LogP) is 7.51. The number of H-pyrrole nitrogens is 1. The number of aromatic nitrogens is 8. The number of aliphatic hydroxyl groups excluding tert-OH is 2. The summed E-state index contributed by atoms with van der Waals surface area (Å²) in [6.45, 7) is 7.20. The Kier molecular flexibility index (Phi) is 15.2. The molecule has 3 fully saturated rings. The molecular weight excluding hydrogens is 1050 g/mol. The number of nitrogens with zero attached hydrogens (tertiary/aromatic N) is 9. The van der Waals surface area contributed by atoms with Crippen LogP contribution in [0, 0.1) is 18.7 Å². The standard InChI is InChI=1S/C58H60F4N12O7/c1-30(2)52(56(78)73-25-40(76)18-48(73)55(77)66-47(27-75)36-14-12-34(13-15-36)37-7-6-16-63-21-37)74-26-46(70-71-74)35-10-8-33(9-11-35)29-80-53-50(49-32(4)44(59)20-45-42(49)23-65-69-45)43(58(60,61)62)19-41-51(53)67-57(81-28-31(3)79-5)68-54(41)72-24-38-17-39(72)22-64-38/h6-16,19-21,23,26,30-31,38-40,47-48,52,64,75-76H,17-18,22,24-25,27-29H2,1-5H3,(H,65,69)(H,66,77)/t31-,38-,39-,40+,47-,48-,52-/m0/s1. The lowest BCUT2D eigenvalue weighted by Crippen LogP contribution is -2.50. The normalized spacial score (nSPS) is 19.2. The third-order valence-corrected chi connectivity index (χ3v) is 15.6. The molecular formula is C58H60F4N12O7. The van der Waals surface area contributed by atoms with E-state index in [2.05, 4.69) is 36.1 Å². The number of halogens is 4. The van der Waals surface area contributed by atoms with E-state index in [1.54, 1.807) is 61.9 Å². The average Bonchev–Trinajstić information content (AvgIpc) is 3.76. The van der Waals surface area contributed by atoms with Gasteiger partial charge in [-0.25, -0.2) is 9.07 Å². The maximum atomic E-state index is 15.9. The second-order valence-electron chi connectivity index (χ2n) is 21.3. The first-order chi connectivity index (χ1) is 39.0. The van der Waals surface area contributed by atoms with Gasteiger partial charge in [0, 0.05) is 85.1 Å². The number of fused-ring (bicyclic) bond motifs is 4. The molecule has 0 radical (unpaired) electrons. The Morgan fingerprint density at radius 1 is 0.926 bits per heavy atom. The van der Waals surface area contributed by atoms with E-state index in [4.69, 9.17) is 24.2 Å². The van der Waals surface area contributed by atoms with Crippen molar-refractivity contribution in [2.24, 2.45) is 5.92 Å². The number of anilines is 1. The van der Waals surface area contributed by atoms with Gasteiger partial charge in [-0.1, -0.05) is 73.7 Å². The summed E-state index contributed by atoms with van der Waals surface area (Å²) in [6.07, 6.45) is 0.793. The zero-order chi connectivity index (χ0) is 56.9. The van der Waals surface area contributed by atoms with Gasteiger partial charge in [0.2, 0.25) is 11.8 Å². The second-order valence-corrected chi connectivity index (χ2v) is 21.3. The number of hydrogen-bond donors (Lipinski definition) is 5. The first-order valence-electron chi connectivity index (χ1n) is 26.8. The quantitative estimate of drug-likeness (QED) is 0.0524. The van der Waals surface area contributed by atoms with E-state index in [1.165, 1.54) is 35.9 Å². The van der Waals surface area contributed by atoms with Crippen LogP contribution in [0.25, 0.3) is 55.3 Å². The first kappa shape index (κ1) is 54.8. The van der Waals surface area contributed by atoms with Gasteiger partial charge in [0.05, 0.1) is 48.3 Å². The molecule has 19 nitrogen and oxygen atoms in total. The van der Waals surface area contributed by atoms with Gasteiger partial charge in [-0.05, 0) is 72.2 Å². The Hall–Kier alpha value is -8.12. The molecule has 0 unspecified atom stereocenters. The first-order valence-corrected chi connectivity index (χ1v) is 26.8. The molecule has 11 rings (SSSR count). The Morgan fingerprint density at radius 3 is 2.38 bits per heavy atom. The van der Waals surface area contributed by atoms with Crippen LogP contribution in [-0.4, -0.2) is 137 Å². The smallest absolute Gasteiger partial charge is 0.417 e. The van der Waals surface area contributed by atoms with Crippen LogP contribution in [0.4, 0.5) is 23.4 Å². The zero-order valence-corrected chi connectivity index (χ0v) is 45.0. The number of nitrogens with one attached hydrogen (secondary N) is 3. The molecule has 23 heteroatoms. The monoisotopic (exact) mass is 1110 g/mol. The summed E-state index contributed by atoms with van der Waals surface area (Å²) in [5, 5.41) is 43.4. The number of hydrogen-bond acceptors (Lipinski definition) is 15. The molecule has 2 amide bonds. The summed E-state index contributed by atoms with van der Waals surface area (Å²) in [5.41, 5.74) is 2.52. The summed E-state index contributed by atoms with van der Waals surface area (Å²) in [7, 11) is 1.52. The molecule has 0 saturated carbocycles. The van der Waals surface area contributed by atoms with E-state index in [0.717, 1.165) is 23.6 Å². The van der Waals surface area contributed by atoms with Gasteiger partial charge in [0.1, 0.15) is 48.1 Å². The fourth-order valence-corrected chi connectivity index (χ4v) is 11.3. The molecule has 3 aliphatic rings. The number of rotatable bonds is 18. The lowest BCUT2D eigenvalue weighted by Gasteiger charge is -2.30. The minimum atomic E-state index is -4.98. The Labute approximate surface area is 462 Å². The van der Waals surface area contributed by atoms with Crippen molar-refractivity contribution in [3.63, 3.8) is 0 Å². The van der Waals surface area contributed by atoms with Crippen LogP contribution in [0.1, 0.15) is 68.0 Å². The second kappa shape index (κ2) is 22.4. The number of carbonyl (C=O) groups is 2. The van der Waals surface area contributed by atoms with Gasteiger partial charge in [-0.3, -0.25) is 19.7 Å². The molecule has 422 valence electrons. The molecule has 3 aliphatic heterocycles. The van der Waals surface area contributed by atoms with E-state index in [-0.39, 0.29) is 101 Å². The highest BCUT2D eigenvalue weighted by atomic mass is 19.4. The van der Waals surface area contributed by atoms with Crippen LogP contribution in [0.5, 0.6) is 11.8 Å². The number of methoxy groups -OCH3 is 1. The van der Waals surface area contributed by atoms with Crippen LogP contribution >= 0.6 is 0 Å². The number of aromatic amines is 1. The third kappa shape index (κ3) is 10.8. The number of piperazine rings is 1. The zero-order valence-electron chi connectivity index (χ0n) is 45.0. The molecule has 4 aromatic heterocycles. The molecule has 3 saturated heterocycles. The predicted molar refractivity (Wildman–Crippen MR) is 291 cm³/mol. The van der Waals surface area contributed by atoms with Gasteiger partial charge in [0.15, 0.2) is 5.75 Å².